The highest BCUT2D eigenvalue weighted by atomic mass is 127. The summed E-state index contributed by atoms with van der Waals surface area (Å²) in [5, 5.41) is 0.822. The number of hydrogen-bond acceptors (Lipinski definition) is 2. The maximum Gasteiger partial charge on any atom is 0.177 e. The Bertz CT molecular complexity index is 466. The highest BCUT2D eigenvalue weighted by Crippen LogP contribution is 2.32. The molecule has 0 radical (unpaired) electrons. The standard InChI is InChI=1S/C10H8FIOS/c1-2-13-6-3-8(12)7-5-10(11)14-9(7)4-6/h3-5H,2H2,1H3. The predicted molar refractivity (Wildman–Crippen MR) is 65.7 cm³/mol. The molecule has 0 bridgehead atoms. The van der Waals surface area contributed by atoms with Gasteiger partial charge in [0.15, 0.2) is 5.13 Å². The fourth-order valence-corrected chi connectivity index (χ4v) is 3.07. The molecule has 1 nitrogen and oxygen atoms in total. The molecule has 0 unspecified atom stereocenters. The quantitative estimate of drug-likeness (QED) is 0.758. The van der Waals surface area contributed by atoms with Crippen molar-refractivity contribution in [2.75, 3.05) is 6.61 Å². The molecule has 0 fully saturated rings. The zero-order valence-electron chi connectivity index (χ0n) is 7.51. The van der Waals surface area contributed by atoms with Crippen LogP contribution in [-0.2, 0) is 0 Å². The first-order chi connectivity index (χ1) is 6.70. The molecule has 0 spiro atoms. The smallest absolute Gasteiger partial charge is 0.177 e. The largest absolute Gasteiger partial charge is 0.494 e. The lowest BCUT2D eigenvalue weighted by Gasteiger charge is -2.03. The van der Waals surface area contributed by atoms with E-state index in [-0.39, 0.29) is 5.13 Å². The van der Waals surface area contributed by atoms with Crippen molar-refractivity contribution in [1.82, 2.24) is 0 Å². The van der Waals surface area contributed by atoms with Crippen molar-refractivity contribution >= 4 is 44.0 Å². The Labute approximate surface area is 99.0 Å². The van der Waals surface area contributed by atoms with Crippen LogP contribution in [0.4, 0.5) is 4.39 Å². The third-order valence-electron chi connectivity index (χ3n) is 1.84. The molecule has 74 valence electrons. The Morgan fingerprint density at radius 1 is 1.43 bits per heavy atom. The minimum absolute atomic E-state index is 0.147. The summed E-state index contributed by atoms with van der Waals surface area (Å²) in [6.45, 7) is 2.57. The molecular weight excluding hydrogens is 314 g/mol. The average Bonchev–Trinajstić information content (AvgIpc) is 2.47. The number of ether oxygens (including phenoxy) is 1. The van der Waals surface area contributed by atoms with Crippen molar-refractivity contribution in [3.63, 3.8) is 0 Å². The van der Waals surface area contributed by atoms with E-state index in [1.165, 1.54) is 0 Å². The van der Waals surface area contributed by atoms with E-state index in [9.17, 15) is 4.39 Å². The van der Waals surface area contributed by atoms with E-state index in [0.717, 1.165) is 30.7 Å². The number of thiophene rings is 1. The molecule has 2 rings (SSSR count). The summed E-state index contributed by atoms with van der Waals surface area (Å²) in [6, 6.07) is 5.38. The molecule has 0 atom stereocenters. The first-order valence-corrected chi connectivity index (χ1v) is 6.11. The molecule has 1 aromatic heterocycles. The molecule has 0 aliphatic heterocycles. The van der Waals surface area contributed by atoms with Crippen LogP contribution >= 0.6 is 33.9 Å². The van der Waals surface area contributed by atoms with Crippen LogP contribution in [0.5, 0.6) is 5.75 Å². The van der Waals surface area contributed by atoms with Gasteiger partial charge < -0.3 is 4.74 Å². The first-order valence-electron chi connectivity index (χ1n) is 4.22. The lowest BCUT2D eigenvalue weighted by molar-refractivity contribution is 0.340. The summed E-state index contributed by atoms with van der Waals surface area (Å²) in [7, 11) is 0. The molecule has 0 aliphatic carbocycles. The van der Waals surface area contributed by atoms with Gasteiger partial charge in [-0.15, -0.1) is 11.3 Å². The number of benzene rings is 1. The van der Waals surface area contributed by atoms with E-state index < -0.39 is 0 Å². The number of hydrogen-bond donors (Lipinski definition) is 0. The second kappa shape index (κ2) is 4.02. The van der Waals surface area contributed by atoms with Crippen molar-refractivity contribution in [1.29, 1.82) is 0 Å². The van der Waals surface area contributed by atoms with Crippen LogP contribution in [0.3, 0.4) is 0 Å². The summed E-state index contributed by atoms with van der Waals surface area (Å²) in [6.07, 6.45) is 0. The number of rotatable bonds is 2. The van der Waals surface area contributed by atoms with Gasteiger partial charge in [0, 0.05) is 13.7 Å². The Balaban J connectivity index is 2.59. The summed E-state index contributed by atoms with van der Waals surface area (Å²) in [5.74, 6) is 0.811. The van der Waals surface area contributed by atoms with Crippen molar-refractivity contribution < 1.29 is 9.13 Å². The molecule has 1 heterocycles. The fourth-order valence-electron chi connectivity index (χ4n) is 1.29. The van der Waals surface area contributed by atoms with Crippen LogP contribution in [0, 0.1) is 8.70 Å². The molecule has 2 aromatic rings. The van der Waals surface area contributed by atoms with E-state index in [0.29, 0.717) is 6.61 Å². The fraction of sp³-hybridized carbons (Fsp3) is 0.200. The molecule has 4 heteroatoms. The average molecular weight is 322 g/mol. The lowest BCUT2D eigenvalue weighted by atomic mass is 10.2. The van der Waals surface area contributed by atoms with Gasteiger partial charge in [-0.2, -0.15) is 4.39 Å². The van der Waals surface area contributed by atoms with Crippen molar-refractivity contribution in [2.45, 2.75) is 6.92 Å². The van der Waals surface area contributed by atoms with Crippen molar-refractivity contribution in [3.8, 4) is 5.75 Å². The number of halogens is 2. The van der Waals surface area contributed by atoms with Crippen LogP contribution in [0.15, 0.2) is 18.2 Å². The predicted octanol–water partition coefficient (Wildman–Crippen LogP) is 4.04. The van der Waals surface area contributed by atoms with Gasteiger partial charge in [-0.05, 0) is 47.7 Å². The Morgan fingerprint density at radius 3 is 2.93 bits per heavy atom. The maximum absolute atomic E-state index is 13.0. The second-order valence-corrected chi connectivity index (χ2v) is 5.00. The Morgan fingerprint density at radius 2 is 2.21 bits per heavy atom. The Hall–Kier alpha value is -0.360. The zero-order valence-corrected chi connectivity index (χ0v) is 10.5. The summed E-state index contributed by atoms with van der Waals surface area (Å²) in [4.78, 5) is 0. The Kier molecular flexibility index (Phi) is 2.92. The monoisotopic (exact) mass is 322 g/mol. The third kappa shape index (κ3) is 1.86. The van der Waals surface area contributed by atoms with Gasteiger partial charge in [-0.25, -0.2) is 0 Å². The van der Waals surface area contributed by atoms with Gasteiger partial charge in [0.05, 0.1) is 6.61 Å². The van der Waals surface area contributed by atoms with Gasteiger partial charge in [0.25, 0.3) is 0 Å². The molecule has 14 heavy (non-hydrogen) atoms. The minimum atomic E-state index is -0.147. The summed E-state index contributed by atoms with van der Waals surface area (Å²) >= 11 is 3.35. The lowest BCUT2D eigenvalue weighted by Crippen LogP contribution is -1.91. The summed E-state index contributed by atoms with van der Waals surface area (Å²) in [5.41, 5.74) is 0. The van der Waals surface area contributed by atoms with Gasteiger partial charge in [0.1, 0.15) is 5.75 Å². The zero-order chi connectivity index (χ0) is 10.1. The van der Waals surface area contributed by atoms with Gasteiger partial charge in [-0.3, -0.25) is 0 Å². The molecule has 0 aliphatic rings. The van der Waals surface area contributed by atoms with Gasteiger partial charge in [-0.1, -0.05) is 0 Å². The molecule has 0 saturated carbocycles. The van der Waals surface area contributed by atoms with E-state index in [1.54, 1.807) is 6.07 Å². The molecule has 0 amide bonds. The SMILES string of the molecule is CCOc1cc(I)c2cc(F)sc2c1. The van der Waals surface area contributed by atoms with Crippen LogP contribution in [-0.4, -0.2) is 6.61 Å². The topological polar surface area (TPSA) is 9.23 Å². The van der Waals surface area contributed by atoms with Crippen molar-refractivity contribution in [3.05, 3.63) is 26.9 Å². The molecule has 1 aromatic carbocycles. The highest BCUT2D eigenvalue weighted by molar-refractivity contribution is 14.1. The second-order valence-electron chi connectivity index (χ2n) is 2.80. The summed E-state index contributed by atoms with van der Waals surface area (Å²) < 4.78 is 20.4. The molecule has 0 saturated heterocycles. The van der Waals surface area contributed by atoms with E-state index in [2.05, 4.69) is 22.6 Å². The van der Waals surface area contributed by atoms with Crippen molar-refractivity contribution in [2.24, 2.45) is 0 Å². The van der Waals surface area contributed by atoms with Crippen LogP contribution in [0.1, 0.15) is 6.92 Å². The van der Waals surface area contributed by atoms with Gasteiger partial charge >= 0.3 is 0 Å². The minimum Gasteiger partial charge on any atom is -0.494 e. The van der Waals surface area contributed by atoms with Crippen LogP contribution in [0.25, 0.3) is 10.1 Å². The van der Waals surface area contributed by atoms with E-state index in [4.69, 9.17) is 4.74 Å². The van der Waals surface area contributed by atoms with E-state index >= 15 is 0 Å². The first kappa shape index (κ1) is 10.2. The maximum atomic E-state index is 13.0. The number of fused-ring (bicyclic) bond motifs is 1. The molecule has 0 N–H and O–H groups in total. The normalized spacial score (nSPS) is 10.8. The van der Waals surface area contributed by atoms with Crippen LogP contribution in [0.2, 0.25) is 0 Å². The highest BCUT2D eigenvalue weighted by Gasteiger charge is 2.06. The molecular formula is C10H8FIOS. The van der Waals surface area contributed by atoms with Gasteiger partial charge in [0.2, 0.25) is 0 Å². The third-order valence-corrected chi connectivity index (χ3v) is 3.60. The van der Waals surface area contributed by atoms with Crippen LogP contribution < -0.4 is 4.74 Å². The van der Waals surface area contributed by atoms with E-state index in [1.807, 2.05) is 19.1 Å².